The van der Waals surface area contributed by atoms with Crippen molar-refractivity contribution in [3.63, 3.8) is 0 Å². The number of piperidine rings is 1. The zero-order chi connectivity index (χ0) is 20.8. The topological polar surface area (TPSA) is 67.9 Å². The molecule has 6 nitrogen and oxygen atoms in total. The highest BCUT2D eigenvalue weighted by atomic mass is 35.5. The van der Waals surface area contributed by atoms with Crippen molar-refractivity contribution < 1.29 is 19.1 Å². The molecule has 1 N–H and O–H groups in total. The molecule has 0 aromatic heterocycles. The van der Waals surface area contributed by atoms with Gasteiger partial charge in [0.1, 0.15) is 11.5 Å². The molecule has 0 aliphatic carbocycles. The summed E-state index contributed by atoms with van der Waals surface area (Å²) >= 11 is 6.14. The Balaban J connectivity index is 1.55. The van der Waals surface area contributed by atoms with E-state index in [-0.39, 0.29) is 17.7 Å². The van der Waals surface area contributed by atoms with Crippen molar-refractivity contribution in [3.05, 3.63) is 58.6 Å². The summed E-state index contributed by atoms with van der Waals surface area (Å²) in [6.45, 7) is 1.46. The van der Waals surface area contributed by atoms with Crippen LogP contribution in [-0.2, 0) is 11.3 Å². The smallest absolute Gasteiger partial charge is 0.254 e. The standard InChI is InChI=1S/C22H25ClN2O4/c1-28-18-11-17(12-19(13-18)29-2)22(27)25-9-7-15(8-10-25)21(26)24-14-16-5-3-4-6-20(16)23/h3-6,11-13,15H,7-10,14H2,1-2H3,(H,24,26). The van der Waals surface area contributed by atoms with E-state index >= 15 is 0 Å². The number of likely N-dealkylation sites (tertiary alicyclic amines) is 1. The van der Waals surface area contributed by atoms with Gasteiger partial charge in [0.25, 0.3) is 5.91 Å². The van der Waals surface area contributed by atoms with Crippen molar-refractivity contribution in [2.45, 2.75) is 19.4 Å². The van der Waals surface area contributed by atoms with Gasteiger partial charge in [-0.25, -0.2) is 0 Å². The lowest BCUT2D eigenvalue weighted by molar-refractivity contribution is -0.126. The molecule has 0 spiro atoms. The number of rotatable bonds is 6. The summed E-state index contributed by atoms with van der Waals surface area (Å²) in [5.74, 6) is 0.946. The molecule has 2 aromatic rings. The lowest BCUT2D eigenvalue weighted by Crippen LogP contribution is -2.43. The molecule has 1 aliphatic heterocycles. The fourth-order valence-corrected chi connectivity index (χ4v) is 3.63. The number of halogens is 1. The number of ether oxygens (including phenoxy) is 2. The number of hydrogen-bond acceptors (Lipinski definition) is 4. The summed E-state index contributed by atoms with van der Waals surface area (Å²) in [4.78, 5) is 27.1. The first-order chi connectivity index (χ1) is 14.0. The number of carbonyl (C=O) groups is 2. The molecule has 1 heterocycles. The molecule has 0 saturated carbocycles. The van der Waals surface area contributed by atoms with Crippen LogP contribution in [0.3, 0.4) is 0 Å². The number of hydrogen-bond donors (Lipinski definition) is 1. The third kappa shape index (κ3) is 5.21. The molecule has 3 rings (SSSR count). The SMILES string of the molecule is COc1cc(OC)cc(C(=O)N2CCC(C(=O)NCc3ccccc3Cl)CC2)c1. The normalized spacial score (nSPS) is 14.4. The van der Waals surface area contributed by atoms with Gasteiger partial charge in [-0.05, 0) is 36.6 Å². The Labute approximate surface area is 175 Å². The number of nitrogens with zero attached hydrogens (tertiary/aromatic N) is 1. The Morgan fingerprint density at radius 1 is 1.07 bits per heavy atom. The second-order valence-electron chi connectivity index (χ2n) is 6.98. The van der Waals surface area contributed by atoms with E-state index < -0.39 is 0 Å². The maximum atomic E-state index is 12.9. The predicted octanol–water partition coefficient (Wildman–Crippen LogP) is 3.53. The Hall–Kier alpha value is -2.73. The minimum absolute atomic E-state index is 0.0000632. The minimum atomic E-state index is -0.110. The highest BCUT2D eigenvalue weighted by molar-refractivity contribution is 6.31. The molecule has 7 heteroatoms. The predicted molar refractivity (Wildman–Crippen MR) is 111 cm³/mol. The van der Waals surface area contributed by atoms with Crippen LogP contribution in [0, 0.1) is 5.92 Å². The average molecular weight is 417 g/mol. The third-order valence-electron chi connectivity index (χ3n) is 5.16. The fraction of sp³-hybridized carbons (Fsp3) is 0.364. The first-order valence-corrected chi connectivity index (χ1v) is 9.93. The van der Waals surface area contributed by atoms with Crippen LogP contribution in [-0.4, -0.2) is 44.0 Å². The molecule has 2 aromatic carbocycles. The monoisotopic (exact) mass is 416 g/mol. The van der Waals surface area contributed by atoms with Crippen molar-refractivity contribution in [1.29, 1.82) is 0 Å². The zero-order valence-electron chi connectivity index (χ0n) is 16.6. The molecule has 0 radical (unpaired) electrons. The second-order valence-corrected chi connectivity index (χ2v) is 7.38. The van der Waals surface area contributed by atoms with E-state index in [9.17, 15) is 9.59 Å². The first-order valence-electron chi connectivity index (χ1n) is 9.55. The van der Waals surface area contributed by atoms with Gasteiger partial charge >= 0.3 is 0 Å². The number of methoxy groups -OCH3 is 2. The maximum Gasteiger partial charge on any atom is 0.254 e. The summed E-state index contributed by atoms with van der Waals surface area (Å²) in [5, 5.41) is 3.60. The molecule has 0 atom stereocenters. The van der Waals surface area contributed by atoms with Crippen molar-refractivity contribution in [2.75, 3.05) is 27.3 Å². The van der Waals surface area contributed by atoms with Crippen molar-refractivity contribution >= 4 is 23.4 Å². The van der Waals surface area contributed by atoms with E-state index in [1.807, 2.05) is 18.2 Å². The largest absolute Gasteiger partial charge is 0.497 e. The van der Waals surface area contributed by atoms with Crippen LogP contribution in [0.25, 0.3) is 0 Å². The van der Waals surface area contributed by atoms with E-state index in [4.69, 9.17) is 21.1 Å². The lowest BCUT2D eigenvalue weighted by atomic mass is 9.95. The highest BCUT2D eigenvalue weighted by Crippen LogP contribution is 2.25. The van der Waals surface area contributed by atoms with Gasteiger partial charge in [-0.2, -0.15) is 0 Å². The fourth-order valence-electron chi connectivity index (χ4n) is 3.43. The number of benzene rings is 2. The van der Waals surface area contributed by atoms with E-state index in [0.29, 0.717) is 54.6 Å². The molecule has 154 valence electrons. The molecular formula is C22H25ClN2O4. The second kappa shape index (κ2) is 9.65. The van der Waals surface area contributed by atoms with Gasteiger partial charge in [0.2, 0.25) is 5.91 Å². The Morgan fingerprint density at radius 3 is 2.28 bits per heavy atom. The van der Waals surface area contributed by atoms with Crippen molar-refractivity contribution in [2.24, 2.45) is 5.92 Å². The van der Waals surface area contributed by atoms with Crippen molar-refractivity contribution in [3.8, 4) is 11.5 Å². The van der Waals surface area contributed by atoms with E-state index in [1.165, 1.54) is 0 Å². The zero-order valence-corrected chi connectivity index (χ0v) is 17.4. The lowest BCUT2D eigenvalue weighted by Gasteiger charge is -2.31. The van der Waals surface area contributed by atoms with Crippen LogP contribution < -0.4 is 14.8 Å². The van der Waals surface area contributed by atoms with Crippen LogP contribution in [0.5, 0.6) is 11.5 Å². The van der Waals surface area contributed by atoms with E-state index in [2.05, 4.69) is 5.32 Å². The molecule has 1 fully saturated rings. The molecular weight excluding hydrogens is 392 g/mol. The Bertz CT molecular complexity index is 857. The van der Waals surface area contributed by atoms with Crippen LogP contribution in [0.15, 0.2) is 42.5 Å². The molecule has 0 unspecified atom stereocenters. The number of nitrogens with one attached hydrogen (secondary N) is 1. The number of carbonyl (C=O) groups excluding carboxylic acids is 2. The summed E-state index contributed by atoms with van der Waals surface area (Å²) in [6.07, 6.45) is 1.25. The van der Waals surface area contributed by atoms with Gasteiger partial charge in [-0.15, -0.1) is 0 Å². The quantitative estimate of drug-likeness (QED) is 0.782. The van der Waals surface area contributed by atoms with Gasteiger partial charge in [0, 0.05) is 42.2 Å². The summed E-state index contributed by atoms with van der Waals surface area (Å²) in [6, 6.07) is 12.6. The van der Waals surface area contributed by atoms with E-state index in [1.54, 1.807) is 43.4 Å². The number of amides is 2. The molecule has 0 bridgehead atoms. The average Bonchev–Trinajstić information content (AvgIpc) is 2.77. The molecule has 2 amide bonds. The maximum absolute atomic E-state index is 12.9. The van der Waals surface area contributed by atoms with Crippen LogP contribution in [0.2, 0.25) is 5.02 Å². The van der Waals surface area contributed by atoms with E-state index in [0.717, 1.165) is 5.56 Å². The van der Waals surface area contributed by atoms with Gasteiger partial charge in [-0.3, -0.25) is 9.59 Å². The van der Waals surface area contributed by atoms with Gasteiger partial charge in [0.15, 0.2) is 0 Å². The molecule has 29 heavy (non-hydrogen) atoms. The van der Waals surface area contributed by atoms with Gasteiger partial charge in [0.05, 0.1) is 14.2 Å². The van der Waals surface area contributed by atoms with Crippen LogP contribution in [0.1, 0.15) is 28.8 Å². The minimum Gasteiger partial charge on any atom is -0.497 e. The summed E-state index contributed by atoms with van der Waals surface area (Å²) in [7, 11) is 3.10. The Kier molecular flexibility index (Phi) is 6.99. The highest BCUT2D eigenvalue weighted by Gasteiger charge is 2.28. The van der Waals surface area contributed by atoms with Crippen LogP contribution >= 0.6 is 11.6 Å². The Morgan fingerprint density at radius 2 is 1.69 bits per heavy atom. The molecule has 1 saturated heterocycles. The molecule has 1 aliphatic rings. The summed E-state index contributed by atoms with van der Waals surface area (Å²) < 4.78 is 10.5. The van der Waals surface area contributed by atoms with Crippen LogP contribution in [0.4, 0.5) is 0 Å². The third-order valence-corrected chi connectivity index (χ3v) is 5.53. The van der Waals surface area contributed by atoms with Crippen molar-refractivity contribution in [1.82, 2.24) is 10.2 Å². The summed E-state index contributed by atoms with van der Waals surface area (Å²) in [5.41, 5.74) is 1.41. The van der Waals surface area contributed by atoms with Gasteiger partial charge in [-0.1, -0.05) is 29.8 Å². The van der Waals surface area contributed by atoms with Gasteiger partial charge < -0.3 is 19.7 Å². The first kappa shape index (κ1) is 21.0.